The summed E-state index contributed by atoms with van der Waals surface area (Å²) in [5, 5.41) is 7.62. The van der Waals surface area contributed by atoms with Crippen molar-refractivity contribution in [1.29, 1.82) is 0 Å². The molecule has 2 aromatic heterocycles. The van der Waals surface area contributed by atoms with E-state index in [2.05, 4.69) is 81.3 Å². The van der Waals surface area contributed by atoms with Crippen LogP contribution in [0.25, 0.3) is 44.4 Å². The van der Waals surface area contributed by atoms with Gasteiger partial charge in [0.25, 0.3) is 0 Å². The fourth-order valence-corrected chi connectivity index (χ4v) is 10.8. The maximum atomic E-state index is 14.4. The number of H-pyrrole nitrogens is 2. The van der Waals surface area contributed by atoms with E-state index in [1.54, 1.807) is 11.8 Å². The number of methoxy groups -OCH3 is 2. The number of alkyl carbamates (subject to hydrolysis) is 2. The Hall–Kier alpha value is -5.87. The van der Waals surface area contributed by atoms with E-state index in [4.69, 9.17) is 24.2 Å². The molecule has 4 N–H and O–H groups in total. The van der Waals surface area contributed by atoms with Crippen molar-refractivity contribution in [2.45, 2.75) is 82.9 Å². The lowest BCUT2D eigenvalue weighted by atomic mass is 9.96. The summed E-state index contributed by atoms with van der Waals surface area (Å²) in [5.74, 6) is 1.88. The van der Waals surface area contributed by atoms with Gasteiger partial charge < -0.3 is 44.6 Å². The number of carbonyl (C=O) groups is 4. The van der Waals surface area contributed by atoms with E-state index in [1.165, 1.54) is 14.2 Å². The first-order chi connectivity index (χ1) is 30.9. The molecular formula is C48H58N8O7S. The summed E-state index contributed by atoms with van der Waals surface area (Å²) in [4.78, 5) is 72.7. The summed E-state index contributed by atoms with van der Waals surface area (Å²) < 4.78 is 15.3. The quantitative estimate of drug-likeness (QED) is 0.0955. The minimum absolute atomic E-state index is 0.0590. The van der Waals surface area contributed by atoms with E-state index in [1.807, 2.05) is 49.9 Å². The first-order valence-electron chi connectivity index (χ1n) is 22.2. The van der Waals surface area contributed by atoms with E-state index >= 15 is 0 Å². The normalized spacial score (nSPS) is 20.2. The van der Waals surface area contributed by atoms with Gasteiger partial charge in [-0.05, 0) is 83.0 Å². The number of hydrogen-bond acceptors (Lipinski definition) is 10. The second-order valence-electron chi connectivity index (χ2n) is 17.6. The molecule has 338 valence electrons. The van der Waals surface area contributed by atoms with Gasteiger partial charge in [-0.25, -0.2) is 19.6 Å². The van der Waals surface area contributed by atoms with E-state index in [0.717, 1.165) is 81.7 Å². The van der Waals surface area contributed by atoms with Gasteiger partial charge in [0.2, 0.25) is 11.8 Å². The standard InChI is InChI=1S/C48H58N8O7S/c1-27(2)40(53-47(59)61-5)44(57)55-19-7-8-38(55)42-49-25-37(52-42)35-16-15-33-22-32(13-14-34(33)23-35)29-9-11-30(12-10-29)36-24-50-43(51-36)39-26-64-46(31-17-20-63-21-18-31)56(39)45(58)41(28(3)4)54-48(60)62-6/h9-16,22-25,27-28,31,38-41,46H,7-8,17-21,26H2,1-6H3,(H,49,52)(H,50,51)(H,53,59)(H,54,60)/t38-,39-,40-,41-,46?/m0/s1. The summed E-state index contributed by atoms with van der Waals surface area (Å²) in [5.41, 5.74) is 5.86. The topological polar surface area (TPSA) is 184 Å². The van der Waals surface area contributed by atoms with E-state index < -0.39 is 24.3 Å². The molecule has 5 atom stereocenters. The molecule has 0 bridgehead atoms. The molecule has 0 spiro atoms. The van der Waals surface area contributed by atoms with Crippen LogP contribution < -0.4 is 10.6 Å². The van der Waals surface area contributed by atoms with Gasteiger partial charge in [0, 0.05) is 31.1 Å². The number of rotatable bonds is 12. The molecule has 4 amide bonds. The second kappa shape index (κ2) is 19.5. The molecule has 3 aliphatic heterocycles. The Kier molecular flexibility index (Phi) is 13.6. The molecule has 3 saturated heterocycles. The Morgan fingerprint density at radius 1 is 0.703 bits per heavy atom. The summed E-state index contributed by atoms with van der Waals surface area (Å²) in [6.45, 7) is 9.60. The van der Waals surface area contributed by atoms with Crippen LogP contribution in [-0.2, 0) is 23.8 Å². The average Bonchev–Trinajstić information content (AvgIpc) is 4.16. The number of fused-ring (bicyclic) bond motifs is 1. The van der Waals surface area contributed by atoms with Crippen molar-refractivity contribution in [3.05, 3.63) is 84.7 Å². The third-order valence-corrected chi connectivity index (χ3v) is 14.2. The maximum Gasteiger partial charge on any atom is 0.407 e. The minimum Gasteiger partial charge on any atom is -0.453 e. The highest BCUT2D eigenvalue weighted by Gasteiger charge is 2.46. The zero-order valence-corrected chi connectivity index (χ0v) is 38.1. The molecule has 0 saturated carbocycles. The van der Waals surface area contributed by atoms with Gasteiger partial charge in [-0.2, -0.15) is 0 Å². The van der Waals surface area contributed by atoms with Crippen LogP contribution in [0.15, 0.2) is 73.1 Å². The van der Waals surface area contributed by atoms with Crippen LogP contribution in [0.2, 0.25) is 0 Å². The molecular weight excluding hydrogens is 833 g/mol. The van der Waals surface area contributed by atoms with E-state index in [-0.39, 0.29) is 47.0 Å². The number of ether oxygens (including phenoxy) is 3. The number of nitrogens with zero attached hydrogens (tertiary/aromatic N) is 4. The van der Waals surface area contributed by atoms with Gasteiger partial charge in [0.1, 0.15) is 29.8 Å². The predicted octanol–water partition coefficient (Wildman–Crippen LogP) is 8.08. The first-order valence-corrected chi connectivity index (χ1v) is 23.2. The second-order valence-corrected chi connectivity index (χ2v) is 18.7. The number of aromatic nitrogens is 4. The zero-order valence-electron chi connectivity index (χ0n) is 37.3. The largest absolute Gasteiger partial charge is 0.453 e. The molecule has 3 fully saturated rings. The minimum atomic E-state index is -0.740. The molecule has 0 radical (unpaired) electrons. The zero-order chi connectivity index (χ0) is 45.1. The molecule has 16 heteroatoms. The van der Waals surface area contributed by atoms with Gasteiger partial charge in [-0.1, -0.05) is 76.2 Å². The van der Waals surface area contributed by atoms with Crippen molar-refractivity contribution in [3.8, 4) is 33.6 Å². The number of likely N-dealkylation sites (tertiary alicyclic amines) is 1. The summed E-state index contributed by atoms with van der Waals surface area (Å²) in [7, 11) is 2.60. The maximum absolute atomic E-state index is 14.4. The number of amides is 4. The summed E-state index contributed by atoms with van der Waals surface area (Å²) in [6, 6.07) is 19.2. The molecule has 1 unspecified atom stereocenters. The highest BCUT2D eigenvalue weighted by molar-refractivity contribution is 8.00. The number of carbonyl (C=O) groups excluding carboxylic acids is 4. The van der Waals surface area contributed by atoms with Crippen LogP contribution in [0.3, 0.4) is 0 Å². The van der Waals surface area contributed by atoms with Crippen molar-refractivity contribution in [2.75, 3.05) is 39.7 Å². The Balaban J connectivity index is 0.963. The van der Waals surface area contributed by atoms with Crippen molar-refractivity contribution in [1.82, 2.24) is 40.4 Å². The van der Waals surface area contributed by atoms with Gasteiger partial charge >= 0.3 is 12.2 Å². The van der Waals surface area contributed by atoms with Crippen LogP contribution in [0.5, 0.6) is 0 Å². The lowest BCUT2D eigenvalue weighted by Gasteiger charge is -2.38. The Morgan fingerprint density at radius 2 is 1.23 bits per heavy atom. The Morgan fingerprint density at radius 3 is 1.84 bits per heavy atom. The van der Waals surface area contributed by atoms with Crippen LogP contribution in [0, 0.1) is 17.8 Å². The fraction of sp³-hybridized carbons (Fsp3) is 0.458. The fourth-order valence-electron chi connectivity index (χ4n) is 9.17. The lowest BCUT2D eigenvalue weighted by molar-refractivity contribution is -0.138. The molecule has 3 aromatic carbocycles. The molecule has 3 aliphatic rings. The predicted molar refractivity (Wildman–Crippen MR) is 246 cm³/mol. The molecule has 5 aromatic rings. The van der Waals surface area contributed by atoms with Crippen molar-refractivity contribution < 1.29 is 33.4 Å². The third-order valence-electron chi connectivity index (χ3n) is 12.8. The lowest BCUT2D eigenvalue weighted by Crippen LogP contribution is -2.54. The number of nitrogens with one attached hydrogen (secondary N) is 4. The number of aromatic amines is 2. The van der Waals surface area contributed by atoms with Gasteiger partial charge in [-0.3, -0.25) is 9.59 Å². The summed E-state index contributed by atoms with van der Waals surface area (Å²) >= 11 is 1.77. The summed E-state index contributed by atoms with van der Waals surface area (Å²) in [6.07, 6.45) is 5.77. The number of thioether (sulfide) groups is 1. The highest BCUT2D eigenvalue weighted by Crippen LogP contribution is 2.45. The van der Waals surface area contributed by atoms with Crippen LogP contribution in [0.4, 0.5) is 9.59 Å². The Labute approximate surface area is 377 Å². The average molecular weight is 891 g/mol. The van der Waals surface area contributed by atoms with Gasteiger partial charge in [0.15, 0.2) is 0 Å². The SMILES string of the molecule is COC(=O)N[C@H](C(=O)N1CCC[C@H]1c1ncc(-c2ccc3cc(-c4ccc(-c5cnc([C@@H]6CSC(C7CCOCC7)N6C(=O)[C@@H](NC(=O)OC)C(C)C)[nH]5)cc4)ccc3c2)[nH]1)C(C)C. The van der Waals surface area contributed by atoms with E-state index in [9.17, 15) is 19.2 Å². The van der Waals surface area contributed by atoms with Gasteiger partial charge in [-0.15, -0.1) is 11.8 Å². The monoisotopic (exact) mass is 890 g/mol. The smallest absolute Gasteiger partial charge is 0.407 e. The van der Waals surface area contributed by atoms with Crippen LogP contribution >= 0.6 is 11.8 Å². The number of imidazole rings is 2. The Bertz CT molecular complexity index is 2460. The molecule has 8 rings (SSSR count). The van der Waals surface area contributed by atoms with E-state index in [0.29, 0.717) is 25.5 Å². The van der Waals surface area contributed by atoms with Crippen molar-refractivity contribution in [3.63, 3.8) is 0 Å². The van der Waals surface area contributed by atoms with Crippen LogP contribution in [0.1, 0.15) is 77.1 Å². The third kappa shape index (κ3) is 9.34. The first kappa shape index (κ1) is 44.7. The molecule has 5 heterocycles. The molecule has 0 aliphatic carbocycles. The van der Waals surface area contributed by atoms with Crippen molar-refractivity contribution >= 4 is 46.5 Å². The van der Waals surface area contributed by atoms with Crippen LogP contribution in [-0.4, -0.2) is 111 Å². The molecule has 15 nitrogen and oxygen atoms in total. The van der Waals surface area contributed by atoms with Gasteiger partial charge in [0.05, 0.1) is 49.4 Å². The number of benzene rings is 3. The number of hydrogen-bond donors (Lipinski definition) is 4. The molecule has 64 heavy (non-hydrogen) atoms. The highest BCUT2D eigenvalue weighted by atomic mass is 32.2. The van der Waals surface area contributed by atoms with Crippen molar-refractivity contribution in [2.24, 2.45) is 17.8 Å².